The van der Waals surface area contributed by atoms with Gasteiger partial charge in [0.1, 0.15) is 0 Å². The standard InChI is InChI=1S/C18H33ClO3S/c1-2-3-4-5-6-7-8-9-10-11-12-13-14-15-16-17-18(20)23(19,21)22/h9-10H,2-8,11-17H2,1H3/b10-9-. The average Bonchev–Trinajstić information content (AvgIpc) is 2.50. The molecule has 0 radical (unpaired) electrons. The zero-order valence-corrected chi connectivity index (χ0v) is 16.1. The highest BCUT2D eigenvalue weighted by atomic mass is 35.7. The molecular formula is C18H33ClO3S. The van der Waals surface area contributed by atoms with Crippen molar-refractivity contribution in [3.05, 3.63) is 12.2 Å². The lowest BCUT2D eigenvalue weighted by atomic mass is 10.1. The monoisotopic (exact) mass is 364 g/mol. The number of unbranched alkanes of at least 4 members (excludes halogenated alkanes) is 11. The Bertz CT molecular complexity index is 416. The Morgan fingerprint density at radius 2 is 1.22 bits per heavy atom. The topological polar surface area (TPSA) is 51.2 Å². The molecule has 0 N–H and O–H groups in total. The Morgan fingerprint density at radius 3 is 1.70 bits per heavy atom. The fourth-order valence-electron chi connectivity index (χ4n) is 2.46. The summed E-state index contributed by atoms with van der Waals surface area (Å²) >= 11 is 0. The van der Waals surface area contributed by atoms with Crippen LogP contribution in [-0.2, 0) is 13.8 Å². The minimum atomic E-state index is -4.00. The van der Waals surface area contributed by atoms with Crippen LogP contribution < -0.4 is 0 Å². The minimum absolute atomic E-state index is 0.0456. The van der Waals surface area contributed by atoms with Crippen molar-refractivity contribution in [2.75, 3.05) is 0 Å². The maximum Gasteiger partial charge on any atom is 0.294 e. The molecule has 0 bridgehead atoms. The highest BCUT2D eigenvalue weighted by molar-refractivity contribution is 8.25. The van der Waals surface area contributed by atoms with E-state index in [9.17, 15) is 13.2 Å². The average molecular weight is 365 g/mol. The lowest BCUT2D eigenvalue weighted by Gasteiger charge is -2.00. The van der Waals surface area contributed by atoms with Gasteiger partial charge in [-0.2, -0.15) is 0 Å². The summed E-state index contributed by atoms with van der Waals surface area (Å²) in [5, 5.41) is -0.850. The molecule has 0 aliphatic heterocycles. The SMILES string of the molecule is CCCCCCCC/C=C\CCCCCCCC(=O)S(=O)(=O)Cl. The Balaban J connectivity index is 3.27. The van der Waals surface area contributed by atoms with Gasteiger partial charge in [-0.05, 0) is 32.1 Å². The molecular weight excluding hydrogens is 332 g/mol. The third kappa shape index (κ3) is 16.3. The summed E-state index contributed by atoms with van der Waals surface area (Å²) < 4.78 is 21.4. The molecule has 23 heavy (non-hydrogen) atoms. The van der Waals surface area contributed by atoms with Crippen LogP contribution >= 0.6 is 10.7 Å². The van der Waals surface area contributed by atoms with Gasteiger partial charge in [-0.25, -0.2) is 8.42 Å². The third-order valence-corrected chi connectivity index (χ3v) is 5.18. The molecule has 0 unspecified atom stereocenters. The van der Waals surface area contributed by atoms with Crippen molar-refractivity contribution in [1.82, 2.24) is 0 Å². The Labute approximate surface area is 147 Å². The van der Waals surface area contributed by atoms with Gasteiger partial charge >= 0.3 is 0 Å². The maximum atomic E-state index is 11.1. The van der Waals surface area contributed by atoms with Crippen LogP contribution in [0.1, 0.15) is 96.8 Å². The molecule has 0 atom stereocenters. The number of rotatable bonds is 15. The summed E-state index contributed by atoms with van der Waals surface area (Å²) in [6.07, 6.45) is 19.8. The van der Waals surface area contributed by atoms with Crippen molar-refractivity contribution in [1.29, 1.82) is 0 Å². The summed E-state index contributed by atoms with van der Waals surface area (Å²) in [6, 6.07) is 0. The van der Waals surface area contributed by atoms with Crippen molar-refractivity contribution in [2.24, 2.45) is 0 Å². The molecule has 0 fully saturated rings. The van der Waals surface area contributed by atoms with Crippen LogP contribution in [0.25, 0.3) is 0 Å². The molecule has 0 aromatic carbocycles. The first kappa shape index (κ1) is 22.6. The second-order valence-corrected chi connectivity index (χ2v) is 8.69. The molecule has 0 aromatic heterocycles. The van der Waals surface area contributed by atoms with Gasteiger partial charge in [-0.15, -0.1) is 0 Å². The van der Waals surface area contributed by atoms with E-state index < -0.39 is 14.2 Å². The summed E-state index contributed by atoms with van der Waals surface area (Å²) in [5.41, 5.74) is 0. The van der Waals surface area contributed by atoms with Gasteiger partial charge in [0.15, 0.2) is 0 Å². The Morgan fingerprint density at radius 1 is 0.783 bits per heavy atom. The van der Waals surface area contributed by atoms with Crippen molar-refractivity contribution in [2.45, 2.75) is 96.8 Å². The minimum Gasteiger partial charge on any atom is -0.280 e. The van der Waals surface area contributed by atoms with Gasteiger partial charge in [0.05, 0.1) is 0 Å². The van der Waals surface area contributed by atoms with Gasteiger partial charge in [0, 0.05) is 17.1 Å². The predicted octanol–water partition coefficient (Wildman–Crippen LogP) is 6.12. The second kappa shape index (κ2) is 15.2. The van der Waals surface area contributed by atoms with Gasteiger partial charge in [-0.1, -0.05) is 70.4 Å². The van der Waals surface area contributed by atoms with Gasteiger partial charge in [-0.3, -0.25) is 4.79 Å². The fraction of sp³-hybridized carbons (Fsp3) is 0.833. The van der Waals surface area contributed by atoms with Crippen LogP contribution in [0.5, 0.6) is 0 Å². The normalized spacial score (nSPS) is 12.1. The summed E-state index contributed by atoms with van der Waals surface area (Å²) in [5.74, 6) is 0. The van der Waals surface area contributed by atoms with Gasteiger partial charge in [0.25, 0.3) is 14.2 Å². The van der Waals surface area contributed by atoms with E-state index in [1.54, 1.807) is 0 Å². The van der Waals surface area contributed by atoms with Gasteiger partial charge < -0.3 is 0 Å². The molecule has 0 aliphatic carbocycles. The number of hydrogen-bond donors (Lipinski definition) is 0. The van der Waals surface area contributed by atoms with E-state index in [1.165, 1.54) is 44.9 Å². The van der Waals surface area contributed by atoms with Gasteiger partial charge in [0.2, 0.25) is 0 Å². The smallest absolute Gasteiger partial charge is 0.280 e. The van der Waals surface area contributed by atoms with Crippen molar-refractivity contribution in [3.63, 3.8) is 0 Å². The van der Waals surface area contributed by atoms with E-state index >= 15 is 0 Å². The van der Waals surface area contributed by atoms with Crippen LogP contribution in [0.3, 0.4) is 0 Å². The summed E-state index contributed by atoms with van der Waals surface area (Å²) in [4.78, 5) is 11.1. The number of carbonyl (C=O) groups excluding carboxylic acids is 1. The first-order valence-corrected chi connectivity index (χ1v) is 11.4. The fourth-order valence-corrected chi connectivity index (χ4v) is 3.08. The highest BCUT2D eigenvalue weighted by Crippen LogP contribution is 2.11. The molecule has 0 heterocycles. The molecule has 3 nitrogen and oxygen atoms in total. The quantitative estimate of drug-likeness (QED) is 0.200. The molecule has 0 rings (SSSR count). The lowest BCUT2D eigenvalue weighted by Crippen LogP contribution is -2.06. The number of hydrogen-bond acceptors (Lipinski definition) is 3. The lowest BCUT2D eigenvalue weighted by molar-refractivity contribution is -0.111. The predicted molar refractivity (Wildman–Crippen MR) is 99.2 cm³/mol. The number of allylic oxidation sites excluding steroid dienone is 2. The van der Waals surface area contributed by atoms with E-state index in [0.717, 1.165) is 32.1 Å². The Kier molecular flexibility index (Phi) is 15.0. The molecule has 0 amide bonds. The molecule has 0 saturated carbocycles. The van der Waals surface area contributed by atoms with Crippen LogP contribution in [0, 0.1) is 0 Å². The zero-order chi connectivity index (χ0) is 17.4. The zero-order valence-electron chi connectivity index (χ0n) is 14.6. The van der Waals surface area contributed by atoms with E-state index in [0.29, 0.717) is 6.42 Å². The molecule has 136 valence electrons. The van der Waals surface area contributed by atoms with E-state index in [2.05, 4.69) is 19.1 Å². The first-order valence-electron chi connectivity index (χ1n) is 9.11. The molecule has 0 aliphatic rings. The second-order valence-electron chi connectivity index (χ2n) is 6.14. The van der Waals surface area contributed by atoms with Crippen LogP contribution in [0.2, 0.25) is 0 Å². The largest absolute Gasteiger partial charge is 0.294 e. The highest BCUT2D eigenvalue weighted by Gasteiger charge is 2.17. The molecule has 0 saturated heterocycles. The van der Waals surface area contributed by atoms with E-state index in [4.69, 9.17) is 10.7 Å². The summed E-state index contributed by atoms with van der Waals surface area (Å²) in [6.45, 7) is 2.24. The maximum absolute atomic E-state index is 11.1. The Hall–Kier alpha value is -0.350. The van der Waals surface area contributed by atoms with Crippen molar-refractivity contribution >= 4 is 24.8 Å². The van der Waals surface area contributed by atoms with Crippen molar-refractivity contribution < 1.29 is 13.2 Å². The first-order chi connectivity index (χ1) is 11.0. The number of carbonyl (C=O) groups is 1. The van der Waals surface area contributed by atoms with E-state index in [1.807, 2.05) is 0 Å². The van der Waals surface area contributed by atoms with Crippen LogP contribution in [-0.4, -0.2) is 13.5 Å². The van der Waals surface area contributed by atoms with Crippen LogP contribution in [0.4, 0.5) is 0 Å². The number of halogens is 1. The van der Waals surface area contributed by atoms with E-state index in [-0.39, 0.29) is 6.42 Å². The molecule has 0 spiro atoms. The van der Waals surface area contributed by atoms with Crippen LogP contribution in [0.15, 0.2) is 12.2 Å². The van der Waals surface area contributed by atoms with Crippen molar-refractivity contribution in [3.8, 4) is 0 Å². The molecule has 0 aromatic rings. The third-order valence-electron chi connectivity index (χ3n) is 3.91. The summed E-state index contributed by atoms with van der Waals surface area (Å²) in [7, 11) is 0.966. The molecule has 5 heteroatoms.